The van der Waals surface area contributed by atoms with Gasteiger partial charge in [-0.15, -0.1) is 0 Å². The Morgan fingerprint density at radius 1 is 1.11 bits per heavy atom. The van der Waals surface area contributed by atoms with E-state index in [2.05, 4.69) is 10.3 Å². The lowest BCUT2D eigenvalue weighted by atomic mass is 10.0. The van der Waals surface area contributed by atoms with Gasteiger partial charge < -0.3 is 20.3 Å². The molecule has 1 aromatic carbocycles. The summed E-state index contributed by atoms with van der Waals surface area (Å²) in [5.41, 5.74) is 1.19. The molecule has 0 aliphatic carbocycles. The van der Waals surface area contributed by atoms with Gasteiger partial charge in [-0.3, -0.25) is 4.79 Å². The molecule has 1 N–H and O–H groups in total. The van der Waals surface area contributed by atoms with Gasteiger partial charge in [0.15, 0.2) is 0 Å². The number of nitro groups is 1. The van der Waals surface area contributed by atoms with Gasteiger partial charge >= 0.3 is 5.82 Å². The number of hydrogen-bond acceptors (Lipinski definition) is 5. The zero-order chi connectivity index (χ0) is 18.8. The average molecular weight is 365 g/mol. The van der Waals surface area contributed by atoms with Crippen molar-refractivity contribution >= 4 is 23.2 Å². The number of amides is 1. The van der Waals surface area contributed by atoms with E-state index in [1.54, 1.807) is 36.5 Å². The number of carbonyl (C=O) groups excluding carboxylic acids is 1. The summed E-state index contributed by atoms with van der Waals surface area (Å²) < 4.78 is 1.50. The first-order valence-electron chi connectivity index (χ1n) is 8.86. The number of fused-ring (bicyclic) bond motifs is 1. The first-order valence-corrected chi connectivity index (χ1v) is 8.86. The normalized spacial score (nSPS) is 15.0. The van der Waals surface area contributed by atoms with E-state index in [1.165, 1.54) is 4.40 Å². The highest BCUT2D eigenvalue weighted by Crippen LogP contribution is 2.30. The second-order valence-electron chi connectivity index (χ2n) is 6.55. The maximum Gasteiger partial charge on any atom is 0.372 e. The lowest BCUT2D eigenvalue weighted by Crippen LogP contribution is -2.45. The minimum Gasteiger partial charge on any atom is -0.358 e. The minimum atomic E-state index is -0.390. The number of aromatic nitrogens is 2. The number of rotatable bonds is 4. The van der Waals surface area contributed by atoms with Crippen molar-refractivity contribution in [3.05, 3.63) is 70.4 Å². The fourth-order valence-corrected chi connectivity index (χ4v) is 3.45. The molecule has 1 aliphatic rings. The minimum absolute atomic E-state index is 0.0163. The third kappa shape index (κ3) is 3.33. The van der Waals surface area contributed by atoms with E-state index < -0.39 is 4.92 Å². The summed E-state index contributed by atoms with van der Waals surface area (Å²) >= 11 is 0. The molecule has 8 nitrogen and oxygen atoms in total. The van der Waals surface area contributed by atoms with Gasteiger partial charge in [-0.25, -0.2) is 0 Å². The molecular formula is C19H19N5O3. The Labute approximate surface area is 155 Å². The topological polar surface area (TPSA) is 92.8 Å². The fourth-order valence-electron chi connectivity index (χ4n) is 3.45. The number of piperidine rings is 1. The lowest BCUT2D eigenvalue weighted by molar-refractivity contribution is -0.389. The molecule has 0 radical (unpaired) electrons. The van der Waals surface area contributed by atoms with Crippen LogP contribution in [0.4, 0.5) is 11.6 Å². The smallest absolute Gasteiger partial charge is 0.358 e. The van der Waals surface area contributed by atoms with Crippen molar-refractivity contribution in [3.8, 4) is 0 Å². The monoisotopic (exact) mass is 365 g/mol. The standard InChI is InChI=1S/C19H19N5O3/c25-18(14-6-2-1-3-7-14)20-15-9-12-22(13-10-15)17-19(24(26)27)23-11-5-4-8-16(23)21-17/h1-8,11,15H,9-10,12-13H2,(H,20,25). The predicted octanol–water partition coefficient (Wildman–Crippen LogP) is 2.64. The maximum absolute atomic E-state index is 12.3. The van der Waals surface area contributed by atoms with E-state index in [0.29, 0.717) is 43.0 Å². The molecule has 0 unspecified atom stereocenters. The molecule has 4 rings (SSSR count). The van der Waals surface area contributed by atoms with Gasteiger partial charge in [0.05, 0.1) is 6.20 Å². The number of nitrogens with zero attached hydrogens (tertiary/aromatic N) is 4. The second kappa shape index (κ2) is 7.06. The van der Waals surface area contributed by atoms with Crippen LogP contribution in [-0.4, -0.2) is 39.3 Å². The summed E-state index contributed by atoms with van der Waals surface area (Å²) in [4.78, 5) is 29.9. The summed E-state index contributed by atoms with van der Waals surface area (Å²) in [5.74, 6) is 0.282. The Morgan fingerprint density at radius 2 is 1.81 bits per heavy atom. The maximum atomic E-state index is 12.3. The fraction of sp³-hybridized carbons (Fsp3) is 0.263. The zero-order valence-corrected chi connectivity index (χ0v) is 14.6. The predicted molar refractivity (Wildman–Crippen MR) is 101 cm³/mol. The van der Waals surface area contributed by atoms with E-state index in [1.807, 2.05) is 23.1 Å². The molecule has 8 heteroatoms. The van der Waals surface area contributed by atoms with Crippen LogP contribution in [0.1, 0.15) is 23.2 Å². The zero-order valence-electron chi connectivity index (χ0n) is 14.6. The van der Waals surface area contributed by atoms with Gasteiger partial charge in [0.2, 0.25) is 11.5 Å². The van der Waals surface area contributed by atoms with Crippen molar-refractivity contribution in [3.63, 3.8) is 0 Å². The van der Waals surface area contributed by atoms with E-state index in [-0.39, 0.29) is 17.8 Å². The summed E-state index contributed by atoms with van der Waals surface area (Å²) in [6.45, 7) is 1.20. The van der Waals surface area contributed by atoms with E-state index >= 15 is 0 Å². The van der Waals surface area contributed by atoms with Gasteiger partial charge in [-0.1, -0.05) is 24.3 Å². The number of carbonyl (C=O) groups is 1. The van der Waals surface area contributed by atoms with Crippen molar-refractivity contribution in [2.75, 3.05) is 18.0 Å². The molecule has 0 bridgehead atoms. The van der Waals surface area contributed by atoms with Crippen molar-refractivity contribution in [1.29, 1.82) is 0 Å². The van der Waals surface area contributed by atoms with E-state index in [4.69, 9.17) is 0 Å². The second-order valence-corrected chi connectivity index (χ2v) is 6.55. The highest BCUT2D eigenvalue weighted by molar-refractivity contribution is 5.94. The Bertz CT molecular complexity index is 977. The van der Waals surface area contributed by atoms with Crippen LogP contribution in [0.15, 0.2) is 54.7 Å². The first-order chi connectivity index (χ1) is 13.1. The van der Waals surface area contributed by atoms with Crippen molar-refractivity contribution in [2.45, 2.75) is 18.9 Å². The molecule has 138 valence electrons. The van der Waals surface area contributed by atoms with Crippen LogP contribution >= 0.6 is 0 Å². The van der Waals surface area contributed by atoms with Gasteiger partial charge in [-0.05, 0) is 36.0 Å². The van der Waals surface area contributed by atoms with Crippen LogP contribution in [0.3, 0.4) is 0 Å². The summed E-state index contributed by atoms with van der Waals surface area (Å²) in [6, 6.07) is 14.5. The van der Waals surface area contributed by atoms with Crippen LogP contribution in [0.25, 0.3) is 5.65 Å². The number of nitrogens with one attached hydrogen (secondary N) is 1. The third-order valence-electron chi connectivity index (χ3n) is 4.83. The number of pyridine rings is 1. The Hall–Kier alpha value is -3.42. The molecule has 27 heavy (non-hydrogen) atoms. The number of benzene rings is 1. The molecule has 1 amide bonds. The highest BCUT2D eigenvalue weighted by Gasteiger charge is 2.30. The van der Waals surface area contributed by atoms with E-state index in [9.17, 15) is 14.9 Å². The van der Waals surface area contributed by atoms with Crippen LogP contribution in [0.5, 0.6) is 0 Å². The van der Waals surface area contributed by atoms with Crippen LogP contribution < -0.4 is 10.2 Å². The van der Waals surface area contributed by atoms with Crippen molar-refractivity contribution < 1.29 is 9.72 Å². The number of anilines is 1. The Balaban J connectivity index is 1.47. The van der Waals surface area contributed by atoms with Gasteiger partial charge in [0.25, 0.3) is 5.91 Å². The average Bonchev–Trinajstić information content (AvgIpc) is 3.09. The highest BCUT2D eigenvalue weighted by atomic mass is 16.6. The number of hydrogen-bond donors (Lipinski definition) is 1. The first kappa shape index (κ1) is 17.0. The molecule has 0 spiro atoms. The molecule has 3 aromatic rings. The van der Waals surface area contributed by atoms with Gasteiger partial charge in [-0.2, -0.15) is 9.38 Å². The van der Waals surface area contributed by atoms with Crippen LogP contribution in [0.2, 0.25) is 0 Å². The Kier molecular flexibility index (Phi) is 4.45. The lowest BCUT2D eigenvalue weighted by Gasteiger charge is -2.32. The Morgan fingerprint density at radius 3 is 2.52 bits per heavy atom. The molecule has 0 atom stereocenters. The molecule has 3 heterocycles. The molecule has 2 aromatic heterocycles. The van der Waals surface area contributed by atoms with Crippen molar-refractivity contribution in [1.82, 2.24) is 14.7 Å². The summed E-state index contributed by atoms with van der Waals surface area (Å²) in [6.07, 6.45) is 3.07. The molecule has 1 saturated heterocycles. The quantitative estimate of drug-likeness (QED) is 0.567. The van der Waals surface area contributed by atoms with Gasteiger partial charge in [0.1, 0.15) is 0 Å². The molecule has 1 aliphatic heterocycles. The SMILES string of the molecule is O=C(NC1CCN(c2nc3ccccn3c2[N+](=O)[O-])CC1)c1ccccc1. The number of imidazole rings is 1. The molecule has 1 fully saturated rings. The summed E-state index contributed by atoms with van der Waals surface area (Å²) in [5, 5.41) is 14.6. The van der Waals surface area contributed by atoms with Crippen LogP contribution in [0, 0.1) is 10.1 Å². The van der Waals surface area contributed by atoms with Crippen LogP contribution in [-0.2, 0) is 0 Å². The van der Waals surface area contributed by atoms with Gasteiger partial charge in [0, 0.05) is 30.8 Å². The van der Waals surface area contributed by atoms with Crippen molar-refractivity contribution in [2.24, 2.45) is 0 Å². The summed E-state index contributed by atoms with van der Waals surface area (Å²) in [7, 11) is 0. The molecular weight excluding hydrogens is 346 g/mol. The molecule has 0 saturated carbocycles. The van der Waals surface area contributed by atoms with E-state index in [0.717, 1.165) is 0 Å². The third-order valence-corrected chi connectivity index (χ3v) is 4.83. The largest absolute Gasteiger partial charge is 0.372 e.